The fourth-order valence-electron chi connectivity index (χ4n) is 5.22. The van der Waals surface area contributed by atoms with E-state index in [9.17, 15) is 13.2 Å². The molecule has 0 radical (unpaired) electrons. The van der Waals surface area contributed by atoms with E-state index in [2.05, 4.69) is 19.0 Å². The van der Waals surface area contributed by atoms with Gasteiger partial charge in [0.1, 0.15) is 23.0 Å². The van der Waals surface area contributed by atoms with Gasteiger partial charge in [-0.15, -0.1) is 0 Å². The second kappa shape index (κ2) is 10.7. The zero-order valence-electron chi connectivity index (χ0n) is 22.4. The molecule has 0 fully saturated rings. The molecule has 37 heavy (non-hydrogen) atoms. The van der Waals surface area contributed by atoms with E-state index in [1.165, 1.54) is 28.8 Å². The average molecular weight is 526 g/mol. The van der Waals surface area contributed by atoms with Gasteiger partial charge in [0.05, 0.1) is 17.9 Å². The zero-order valence-corrected chi connectivity index (χ0v) is 23.3. The number of rotatable bonds is 8. The molecule has 0 bridgehead atoms. The molecule has 0 N–H and O–H groups in total. The minimum Gasteiger partial charge on any atom is -0.493 e. The van der Waals surface area contributed by atoms with Crippen molar-refractivity contribution >= 4 is 21.6 Å². The summed E-state index contributed by atoms with van der Waals surface area (Å²) in [6.07, 6.45) is 1.65. The number of nitrogens with zero attached hydrogens (tertiary/aromatic N) is 1. The van der Waals surface area contributed by atoms with Crippen molar-refractivity contribution in [2.24, 2.45) is 5.16 Å². The first-order valence-corrected chi connectivity index (χ1v) is 14.2. The van der Waals surface area contributed by atoms with E-state index < -0.39 is 10.1 Å². The molecule has 4 rings (SSSR count). The van der Waals surface area contributed by atoms with Gasteiger partial charge < -0.3 is 13.8 Å². The highest BCUT2D eigenvalue weighted by molar-refractivity contribution is 7.86. The maximum absolute atomic E-state index is 13.7. The lowest BCUT2D eigenvalue weighted by molar-refractivity contribution is -0.116. The van der Waals surface area contributed by atoms with Gasteiger partial charge in [-0.25, -0.2) is 0 Å². The molecule has 0 aromatic heterocycles. The van der Waals surface area contributed by atoms with Gasteiger partial charge >= 0.3 is 10.1 Å². The highest BCUT2D eigenvalue weighted by Crippen LogP contribution is 2.46. The summed E-state index contributed by atoms with van der Waals surface area (Å²) in [5.74, 6) is 0.443. The van der Waals surface area contributed by atoms with Crippen LogP contribution in [0, 0.1) is 27.7 Å². The van der Waals surface area contributed by atoms with E-state index in [4.69, 9.17) is 13.8 Å². The van der Waals surface area contributed by atoms with Gasteiger partial charge in [-0.05, 0) is 69.9 Å². The predicted octanol–water partition coefficient (Wildman–Crippen LogP) is 5.76. The van der Waals surface area contributed by atoms with Gasteiger partial charge in [-0.1, -0.05) is 29.8 Å². The number of aryl methyl sites for hydroxylation is 1. The lowest BCUT2D eigenvalue weighted by Gasteiger charge is -2.29. The molecule has 198 valence electrons. The summed E-state index contributed by atoms with van der Waals surface area (Å²) in [4.78, 5) is 19.0. The Kier molecular flexibility index (Phi) is 7.78. The summed E-state index contributed by atoms with van der Waals surface area (Å²) in [5.41, 5.74) is 7.10. The molecule has 1 heterocycles. The molecule has 1 unspecified atom stereocenters. The summed E-state index contributed by atoms with van der Waals surface area (Å²) in [6.45, 7) is 12.7. The predicted molar refractivity (Wildman–Crippen MR) is 143 cm³/mol. The van der Waals surface area contributed by atoms with E-state index >= 15 is 0 Å². The summed E-state index contributed by atoms with van der Waals surface area (Å²) < 4.78 is 38.5. The summed E-state index contributed by atoms with van der Waals surface area (Å²) >= 11 is 0. The Morgan fingerprint density at radius 3 is 2.38 bits per heavy atom. The second-order valence-corrected chi connectivity index (χ2v) is 11.2. The first-order chi connectivity index (χ1) is 17.6. The van der Waals surface area contributed by atoms with E-state index in [1.807, 2.05) is 20.8 Å². The number of hydrogen-bond acceptors (Lipinski definition) is 7. The van der Waals surface area contributed by atoms with Crippen LogP contribution in [0.2, 0.25) is 0 Å². The quantitative estimate of drug-likeness (QED) is 0.247. The normalized spacial score (nSPS) is 18.1. The van der Waals surface area contributed by atoms with Crippen molar-refractivity contribution in [3.63, 3.8) is 0 Å². The number of ketones is 1. The molecule has 1 aliphatic heterocycles. The van der Waals surface area contributed by atoms with Crippen LogP contribution in [-0.2, 0) is 30.4 Å². The monoisotopic (exact) mass is 525 g/mol. The van der Waals surface area contributed by atoms with Crippen LogP contribution in [0.3, 0.4) is 0 Å². The van der Waals surface area contributed by atoms with Gasteiger partial charge in [0.2, 0.25) is 0 Å². The molecular formula is C29H35NO6S. The van der Waals surface area contributed by atoms with Crippen LogP contribution in [0.5, 0.6) is 5.75 Å². The molecule has 0 amide bonds. The third kappa shape index (κ3) is 5.17. The second-order valence-electron chi connectivity index (χ2n) is 9.68. The molecule has 1 aliphatic carbocycles. The molecule has 8 heteroatoms. The number of oxime groups is 1. The average Bonchev–Trinajstić information content (AvgIpc) is 3.34. The largest absolute Gasteiger partial charge is 0.493 e. The molecule has 1 atom stereocenters. The van der Waals surface area contributed by atoms with Crippen molar-refractivity contribution in [1.29, 1.82) is 0 Å². The number of allylic oxidation sites excluding steroid dienone is 2. The summed E-state index contributed by atoms with van der Waals surface area (Å²) in [7, 11) is -4.17. The maximum Gasteiger partial charge on any atom is 0.338 e. The zero-order chi connectivity index (χ0) is 26.9. The van der Waals surface area contributed by atoms with Crippen LogP contribution in [0.4, 0.5) is 0 Å². The SMILES string of the molecule is CCON=C(CC)C1=C(OS(=O)(=O)c2ccc(C)cc2)CC(c2c(C)c(C)c(C)c3c2OCC3)CC1=O. The Bertz CT molecular complexity index is 1390. The minimum absolute atomic E-state index is 0.0332. The van der Waals surface area contributed by atoms with Gasteiger partial charge in [0.15, 0.2) is 5.78 Å². The lowest BCUT2D eigenvalue weighted by atomic mass is 9.77. The third-order valence-corrected chi connectivity index (χ3v) is 8.65. The van der Waals surface area contributed by atoms with Crippen molar-refractivity contribution in [1.82, 2.24) is 0 Å². The van der Waals surface area contributed by atoms with Crippen molar-refractivity contribution in [2.75, 3.05) is 13.2 Å². The van der Waals surface area contributed by atoms with Gasteiger partial charge in [0.25, 0.3) is 0 Å². The molecule has 2 aliphatic rings. The Labute approximate surface area is 219 Å². The van der Waals surface area contributed by atoms with Crippen molar-refractivity contribution in [2.45, 2.75) is 78.0 Å². The van der Waals surface area contributed by atoms with E-state index in [0.29, 0.717) is 25.3 Å². The lowest BCUT2D eigenvalue weighted by Crippen LogP contribution is -2.26. The van der Waals surface area contributed by atoms with Gasteiger partial charge in [0, 0.05) is 36.3 Å². The Balaban J connectivity index is 1.84. The first-order valence-electron chi connectivity index (χ1n) is 12.8. The van der Waals surface area contributed by atoms with E-state index in [0.717, 1.165) is 28.9 Å². The smallest absolute Gasteiger partial charge is 0.338 e. The number of ether oxygens (including phenoxy) is 1. The van der Waals surface area contributed by atoms with Gasteiger partial charge in [-0.3, -0.25) is 4.79 Å². The number of benzene rings is 2. The van der Waals surface area contributed by atoms with E-state index in [1.54, 1.807) is 19.1 Å². The first kappa shape index (κ1) is 26.9. The molecule has 7 nitrogen and oxygen atoms in total. The molecule has 2 aromatic carbocycles. The van der Waals surface area contributed by atoms with Crippen molar-refractivity contribution in [3.05, 3.63) is 69.0 Å². The standard InChI is InChI=1S/C29H35NO6S/c1-7-24(30-35-8-2)28-25(31)15-21(27-20(6)18(4)19(5)23-13-14-34-29(23)27)16-26(28)36-37(32,33)22-11-9-17(3)10-12-22/h9-12,21H,7-8,13-16H2,1-6H3. The number of fused-ring (bicyclic) bond motifs is 1. The van der Waals surface area contributed by atoms with Crippen LogP contribution in [0.25, 0.3) is 0 Å². The van der Waals surface area contributed by atoms with Crippen LogP contribution in [-0.4, -0.2) is 33.1 Å². The van der Waals surface area contributed by atoms with Crippen LogP contribution in [0.15, 0.2) is 45.6 Å². The molecule has 0 saturated carbocycles. The minimum atomic E-state index is -4.17. The van der Waals surface area contributed by atoms with Crippen molar-refractivity contribution in [3.8, 4) is 5.75 Å². The number of hydrogen-bond donors (Lipinski definition) is 0. The maximum atomic E-state index is 13.7. The number of Topliss-reactive ketones (excluding diaryl/α,β-unsaturated/α-hetero) is 1. The van der Waals surface area contributed by atoms with Crippen LogP contribution in [0.1, 0.15) is 72.4 Å². The molecule has 0 spiro atoms. The Morgan fingerprint density at radius 2 is 1.73 bits per heavy atom. The van der Waals surface area contributed by atoms with E-state index in [-0.39, 0.29) is 40.8 Å². The van der Waals surface area contributed by atoms with Gasteiger partial charge in [-0.2, -0.15) is 8.42 Å². The highest BCUT2D eigenvalue weighted by atomic mass is 32.2. The summed E-state index contributed by atoms with van der Waals surface area (Å²) in [6, 6.07) is 6.45. The number of carbonyl (C=O) groups is 1. The number of carbonyl (C=O) groups excluding carboxylic acids is 1. The Morgan fingerprint density at radius 1 is 1.03 bits per heavy atom. The Hall–Kier alpha value is -3.13. The third-order valence-electron chi connectivity index (χ3n) is 7.38. The highest BCUT2D eigenvalue weighted by Gasteiger charge is 2.38. The molecule has 2 aromatic rings. The van der Waals surface area contributed by atoms with Crippen molar-refractivity contribution < 1.29 is 27.0 Å². The van der Waals surface area contributed by atoms with Crippen LogP contribution >= 0.6 is 0 Å². The fourth-order valence-corrected chi connectivity index (χ4v) is 6.20. The molecule has 0 saturated heterocycles. The molecular weight excluding hydrogens is 490 g/mol. The topological polar surface area (TPSA) is 91.3 Å². The van der Waals surface area contributed by atoms with Crippen LogP contribution < -0.4 is 4.74 Å². The summed E-state index contributed by atoms with van der Waals surface area (Å²) in [5, 5.41) is 4.14. The fraction of sp³-hybridized carbons (Fsp3) is 0.448.